The number of hydrogen-bond acceptors (Lipinski definition) is 5. The molecule has 0 aliphatic rings. The highest BCUT2D eigenvalue weighted by Crippen LogP contribution is 2.27. The molecule has 0 unspecified atom stereocenters. The molecule has 2 aromatic rings. The number of aryl methyl sites for hydroxylation is 1. The Hall–Kier alpha value is -2.52. The molecule has 0 bridgehead atoms. The molecule has 0 aromatic heterocycles. The van der Waals surface area contributed by atoms with Gasteiger partial charge >= 0.3 is 0 Å². The number of rotatable bonds is 4. The number of para-hydroxylation sites is 1. The summed E-state index contributed by atoms with van der Waals surface area (Å²) in [4.78, 5) is 22.6. The number of amides is 1. The van der Waals surface area contributed by atoms with E-state index >= 15 is 0 Å². The minimum absolute atomic E-state index is 0.0584. The Balaban J connectivity index is 2.12. The molecule has 0 aliphatic heterocycles. The maximum Gasteiger partial charge on any atom is 0.270 e. The minimum Gasteiger partial charge on any atom is -0.496 e. The van der Waals surface area contributed by atoms with Crippen LogP contribution in [0.4, 0.5) is 11.4 Å². The highest BCUT2D eigenvalue weighted by molar-refractivity contribution is 9.10. The first-order valence-corrected chi connectivity index (χ1v) is 8.23. The molecule has 0 fully saturated rings. The number of carbonyl (C=O) groups excluding carboxylic acids is 1. The van der Waals surface area contributed by atoms with Crippen LogP contribution in [-0.4, -0.2) is 23.1 Å². The van der Waals surface area contributed by atoms with Gasteiger partial charge < -0.3 is 10.1 Å². The Bertz CT molecular complexity index is 857. The van der Waals surface area contributed by atoms with Crippen molar-refractivity contribution in [1.82, 2.24) is 5.32 Å². The van der Waals surface area contributed by atoms with Crippen LogP contribution in [0.3, 0.4) is 0 Å². The van der Waals surface area contributed by atoms with Crippen LogP contribution in [0.2, 0.25) is 0 Å². The number of thiocarbonyl (C=S) groups is 1. The van der Waals surface area contributed by atoms with Crippen LogP contribution in [0.15, 0.2) is 40.9 Å². The highest BCUT2D eigenvalue weighted by atomic mass is 79.9. The normalized spacial score (nSPS) is 10.0. The van der Waals surface area contributed by atoms with Crippen LogP contribution in [-0.2, 0) is 0 Å². The maximum atomic E-state index is 12.4. The standard InChI is InChI=1S/C16H14BrN3O4S/c1-9-4-3-5-11(14(9)24-2)15(21)19-16(25)18-13-7-6-10(20(22)23)8-12(13)17/h3-8H,1-2H3,(H2,18,19,21,25). The zero-order valence-corrected chi connectivity index (χ0v) is 15.7. The summed E-state index contributed by atoms with van der Waals surface area (Å²) in [5.74, 6) is 0.0513. The van der Waals surface area contributed by atoms with Gasteiger partial charge in [-0.25, -0.2) is 0 Å². The molecule has 2 N–H and O–H groups in total. The van der Waals surface area contributed by atoms with Gasteiger partial charge in [0.05, 0.1) is 23.3 Å². The Morgan fingerprint density at radius 2 is 2.04 bits per heavy atom. The zero-order valence-electron chi connectivity index (χ0n) is 13.3. The van der Waals surface area contributed by atoms with Crippen LogP contribution in [0.5, 0.6) is 5.75 Å². The van der Waals surface area contributed by atoms with E-state index in [9.17, 15) is 14.9 Å². The third-order valence-electron chi connectivity index (χ3n) is 3.30. The number of halogens is 1. The molecule has 2 aromatic carbocycles. The Labute approximate surface area is 157 Å². The Morgan fingerprint density at radius 1 is 1.32 bits per heavy atom. The van der Waals surface area contributed by atoms with E-state index in [1.165, 1.54) is 25.3 Å². The van der Waals surface area contributed by atoms with Crippen molar-refractivity contribution in [3.8, 4) is 5.75 Å². The number of nitro benzene ring substituents is 1. The second-order valence-electron chi connectivity index (χ2n) is 4.99. The van der Waals surface area contributed by atoms with E-state index in [4.69, 9.17) is 17.0 Å². The molecule has 0 aliphatic carbocycles. The van der Waals surface area contributed by atoms with Crippen LogP contribution in [0.1, 0.15) is 15.9 Å². The van der Waals surface area contributed by atoms with Gasteiger partial charge in [-0.1, -0.05) is 12.1 Å². The summed E-state index contributed by atoms with van der Waals surface area (Å²) < 4.78 is 5.71. The summed E-state index contributed by atoms with van der Waals surface area (Å²) in [6, 6.07) is 9.38. The van der Waals surface area contributed by atoms with Gasteiger partial charge in [-0.05, 0) is 52.8 Å². The number of ether oxygens (including phenoxy) is 1. The average molecular weight is 424 g/mol. The van der Waals surface area contributed by atoms with E-state index < -0.39 is 10.8 Å². The van der Waals surface area contributed by atoms with Gasteiger partial charge in [0.25, 0.3) is 11.6 Å². The molecule has 0 spiro atoms. The number of nitro groups is 1. The van der Waals surface area contributed by atoms with Gasteiger partial charge in [-0.3, -0.25) is 20.2 Å². The lowest BCUT2D eigenvalue weighted by Gasteiger charge is -2.13. The van der Waals surface area contributed by atoms with Gasteiger partial charge in [-0.15, -0.1) is 0 Å². The van der Waals surface area contributed by atoms with Crippen molar-refractivity contribution < 1.29 is 14.5 Å². The topological polar surface area (TPSA) is 93.5 Å². The van der Waals surface area contributed by atoms with Crippen molar-refractivity contribution in [2.24, 2.45) is 0 Å². The van der Waals surface area contributed by atoms with Gasteiger partial charge in [0, 0.05) is 16.6 Å². The van der Waals surface area contributed by atoms with Crippen molar-refractivity contribution in [1.29, 1.82) is 0 Å². The largest absolute Gasteiger partial charge is 0.496 e. The lowest BCUT2D eigenvalue weighted by molar-refractivity contribution is -0.384. The van der Waals surface area contributed by atoms with E-state index in [1.54, 1.807) is 12.1 Å². The summed E-state index contributed by atoms with van der Waals surface area (Å²) in [7, 11) is 1.49. The van der Waals surface area contributed by atoms with Crippen molar-refractivity contribution in [2.45, 2.75) is 6.92 Å². The number of anilines is 1. The van der Waals surface area contributed by atoms with E-state index in [-0.39, 0.29) is 10.8 Å². The van der Waals surface area contributed by atoms with E-state index in [0.717, 1.165) is 5.56 Å². The Kier molecular flexibility index (Phi) is 6.05. The average Bonchev–Trinajstić information content (AvgIpc) is 2.56. The zero-order chi connectivity index (χ0) is 18.6. The Morgan fingerprint density at radius 3 is 2.64 bits per heavy atom. The predicted octanol–water partition coefficient (Wildman–Crippen LogP) is 3.80. The summed E-state index contributed by atoms with van der Waals surface area (Å²) >= 11 is 8.36. The van der Waals surface area contributed by atoms with Gasteiger partial charge in [0.15, 0.2) is 5.11 Å². The van der Waals surface area contributed by atoms with Crippen molar-refractivity contribution in [3.05, 3.63) is 62.1 Å². The van der Waals surface area contributed by atoms with Crippen molar-refractivity contribution in [2.75, 3.05) is 12.4 Å². The monoisotopic (exact) mass is 423 g/mol. The van der Waals surface area contributed by atoms with Crippen molar-refractivity contribution >= 4 is 50.5 Å². The second kappa shape index (κ2) is 8.04. The molecule has 9 heteroatoms. The van der Waals surface area contributed by atoms with Crippen LogP contribution in [0, 0.1) is 17.0 Å². The molecule has 130 valence electrons. The first-order valence-electron chi connectivity index (χ1n) is 7.03. The first kappa shape index (κ1) is 18.8. The van der Waals surface area contributed by atoms with E-state index in [2.05, 4.69) is 26.6 Å². The molecule has 7 nitrogen and oxygen atoms in total. The van der Waals surface area contributed by atoms with Crippen LogP contribution < -0.4 is 15.4 Å². The maximum absolute atomic E-state index is 12.4. The predicted molar refractivity (Wildman–Crippen MR) is 102 cm³/mol. The quantitative estimate of drug-likeness (QED) is 0.441. The number of carbonyl (C=O) groups is 1. The summed E-state index contributed by atoms with van der Waals surface area (Å²) in [5.41, 5.74) is 1.62. The molecule has 1 amide bonds. The number of non-ortho nitro benzene ring substituents is 1. The SMILES string of the molecule is COc1c(C)cccc1C(=O)NC(=S)Nc1ccc([N+](=O)[O-])cc1Br. The number of nitrogens with one attached hydrogen (secondary N) is 2. The number of hydrogen-bond donors (Lipinski definition) is 2. The molecule has 0 atom stereocenters. The fourth-order valence-electron chi connectivity index (χ4n) is 2.15. The number of methoxy groups -OCH3 is 1. The molecule has 0 heterocycles. The molecule has 25 heavy (non-hydrogen) atoms. The lowest BCUT2D eigenvalue weighted by Crippen LogP contribution is -2.34. The van der Waals surface area contributed by atoms with Gasteiger partial charge in [0.2, 0.25) is 0 Å². The van der Waals surface area contributed by atoms with Crippen LogP contribution >= 0.6 is 28.1 Å². The van der Waals surface area contributed by atoms with E-state index in [1.807, 2.05) is 13.0 Å². The fraction of sp³-hybridized carbons (Fsp3) is 0.125. The van der Waals surface area contributed by atoms with Gasteiger partial charge in [0.1, 0.15) is 5.75 Å². The first-order chi connectivity index (χ1) is 11.8. The lowest BCUT2D eigenvalue weighted by atomic mass is 10.1. The molecule has 0 saturated carbocycles. The smallest absolute Gasteiger partial charge is 0.270 e. The van der Waals surface area contributed by atoms with E-state index in [0.29, 0.717) is 21.5 Å². The molecule has 2 rings (SSSR count). The number of nitrogens with zero attached hydrogens (tertiary/aromatic N) is 1. The molecular formula is C16H14BrN3O4S. The molecule has 0 saturated heterocycles. The van der Waals surface area contributed by atoms with Crippen LogP contribution in [0.25, 0.3) is 0 Å². The fourth-order valence-corrected chi connectivity index (χ4v) is 2.81. The third kappa shape index (κ3) is 4.52. The summed E-state index contributed by atoms with van der Waals surface area (Å²) in [5, 5.41) is 16.2. The van der Waals surface area contributed by atoms with Crippen molar-refractivity contribution in [3.63, 3.8) is 0 Å². The molecule has 0 radical (unpaired) electrons. The summed E-state index contributed by atoms with van der Waals surface area (Å²) in [6.07, 6.45) is 0. The van der Waals surface area contributed by atoms with Gasteiger partial charge in [-0.2, -0.15) is 0 Å². The third-order valence-corrected chi connectivity index (χ3v) is 4.16. The minimum atomic E-state index is -0.501. The second-order valence-corrected chi connectivity index (χ2v) is 6.25. The summed E-state index contributed by atoms with van der Waals surface area (Å²) in [6.45, 7) is 1.83. The molecular weight excluding hydrogens is 410 g/mol. The highest BCUT2D eigenvalue weighted by Gasteiger charge is 2.16. The number of benzene rings is 2.